The molecule has 2 heterocycles. The Bertz CT molecular complexity index is 1320. The highest BCUT2D eigenvalue weighted by Gasteiger charge is 2.47. The van der Waals surface area contributed by atoms with E-state index < -0.39 is 41.7 Å². The Labute approximate surface area is 270 Å². The third kappa shape index (κ3) is 8.56. The molecule has 2 amide bonds. The number of nitrogens with two attached hydrogens (primary N) is 1. The highest BCUT2D eigenvalue weighted by molar-refractivity contribution is 5.87. The topological polar surface area (TPSA) is 179 Å². The number of fused-ring (bicyclic) bond motifs is 4. The maximum Gasteiger partial charge on any atom is 0.352 e. The van der Waals surface area contributed by atoms with Gasteiger partial charge in [-0.05, 0) is 89.7 Å². The first-order valence-corrected chi connectivity index (χ1v) is 16.1. The average molecular weight is 645 g/mol. The first-order chi connectivity index (χ1) is 21.9. The molecule has 0 fully saturated rings. The van der Waals surface area contributed by atoms with Crippen molar-refractivity contribution in [3.63, 3.8) is 0 Å². The van der Waals surface area contributed by atoms with Crippen molar-refractivity contribution in [3.05, 3.63) is 35.1 Å². The lowest BCUT2D eigenvalue weighted by molar-refractivity contribution is -0.165. The van der Waals surface area contributed by atoms with Crippen LogP contribution in [0.5, 0.6) is 11.5 Å². The maximum atomic E-state index is 13.1. The zero-order valence-corrected chi connectivity index (χ0v) is 27.3. The molecular weight excluding hydrogens is 596 g/mol. The number of unbranched alkanes of at least 4 members (excludes halogenated alkanes) is 1. The third-order valence-corrected chi connectivity index (χ3v) is 8.95. The molecule has 0 radical (unpaired) electrons. The number of likely N-dealkylation sites (N-methyl/N-ethyl adjacent to an activating group) is 1. The molecule has 1 aromatic carbocycles. The molecule has 0 spiro atoms. The number of nitrogens with one attached hydrogen (secondary N) is 2. The van der Waals surface area contributed by atoms with Gasteiger partial charge in [-0.25, -0.2) is 4.79 Å². The van der Waals surface area contributed by atoms with Gasteiger partial charge in [0, 0.05) is 31.5 Å². The van der Waals surface area contributed by atoms with Crippen molar-refractivity contribution in [2.45, 2.75) is 102 Å². The standard InChI is InChI=1S/C33H48N4O9/c1-20(44-29(39)13-16-35-31(40)24(36-21(2)38)9-5-6-15-34)32(41)46-25-12-14-33(42)19-27(25)45-30-23-8-7-17-37(3)28(33)18-22(23)10-11-26(30)43-4/h10-12,20,24,27-28,42H,5-9,13-19,34H2,1-4H3,(H,35,40)(H,36,38)/t20-,24-,27+,28+,33-/m0/s1. The predicted molar refractivity (Wildman–Crippen MR) is 168 cm³/mol. The molecule has 0 unspecified atom stereocenters. The number of hydrogen-bond donors (Lipinski definition) is 4. The quantitative estimate of drug-likeness (QED) is 0.180. The minimum Gasteiger partial charge on any atom is -0.493 e. The van der Waals surface area contributed by atoms with Gasteiger partial charge in [0.25, 0.3) is 0 Å². The van der Waals surface area contributed by atoms with E-state index in [1.165, 1.54) is 13.8 Å². The van der Waals surface area contributed by atoms with E-state index >= 15 is 0 Å². The zero-order valence-electron chi connectivity index (χ0n) is 27.3. The summed E-state index contributed by atoms with van der Waals surface area (Å²) in [5.74, 6) is -0.850. The molecule has 13 nitrogen and oxygen atoms in total. The zero-order chi connectivity index (χ0) is 33.4. The van der Waals surface area contributed by atoms with Crippen LogP contribution in [-0.2, 0) is 41.5 Å². The largest absolute Gasteiger partial charge is 0.493 e. The van der Waals surface area contributed by atoms with Gasteiger partial charge in [-0.15, -0.1) is 0 Å². The number of benzene rings is 1. The van der Waals surface area contributed by atoms with E-state index in [0.29, 0.717) is 43.7 Å². The lowest BCUT2D eigenvalue weighted by atomic mass is 9.77. The summed E-state index contributed by atoms with van der Waals surface area (Å²) < 4.78 is 23.2. The summed E-state index contributed by atoms with van der Waals surface area (Å²) in [6, 6.07) is 2.99. The van der Waals surface area contributed by atoms with Crippen LogP contribution in [0.3, 0.4) is 0 Å². The minimum absolute atomic E-state index is 0.0368. The molecular formula is C33H48N4O9. The number of aliphatic hydroxyl groups is 1. The van der Waals surface area contributed by atoms with Crippen LogP contribution < -0.4 is 25.8 Å². The summed E-state index contributed by atoms with van der Waals surface area (Å²) in [6.07, 6.45) is 4.05. The first-order valence-electron chi connectivity index (χ1n) is 16.1. The van der Waals surface area contributed by atoms with E-state index in [1.807, 2.05) is 19.2 Å². The van der Waals surface area contributed by atoms with Crippen molar-refractivity contribution in [2.24, 2.45) is 5.73 Å². The molecule has 254 valence electrons. The minimum atomic E-state index is -1.24. The van der Waals surface area contributed by atoms with E-state index in [4.69, 9.17) is 24.7 Å². The van der Waals surface area contributed by atoms with Gasteiger partial charge in [-0.1, -0.05) is 6.07 Å². The Hall–Kier alpha value is -3.68. The summed E-state index contributed by atoms with van der Waals surface area (Å²) in [4.78, 5) is 51.9. The molecule has 0 saturated heterocycles. The van der Waals surface area contributed by atoms with Crippen molar-refractivity contribution in [1.29, 1.82) is 0 Å². The number of amides is 2. The molecule has 6 bridgehead atoms. The summed E-state index contributed by atoms with van der Waals surface area (Å²) in [6.45, 7) is 4.00. The number of hydrogen-bond acceptors (Lipinski definition) is 11. The van der Waals surface area contributed by atoms with E-state index in [2.05, 4.69) is 15.5 Å². The van der Waals surface area contributed by atoms with Gasteiger partial charge in [0.1, 0.15) is 11.8 Å². The van der Waals surface area contributed by atoms with E-state index in [9.17, 15) is 24.3 Å². The molecule has 5 atom stereocenters. The highest BCUT2D eigenvalue weighted by Crippen LogP contribution is 2.44. The summed E-state index contributed by atoms with van der Waals surface area (Å²) in [7, 11) is 3.60. The average Bonchev–Trinajstić information content (AvgIpc) is 3.00. The monoisotopic (exact) mass is 644 g/mol. The number of ether oxygens (including phenoxy) is 4. The lowest BCUT2D eigenvalue weighted by Crippen LogP contribution is -2.56. The van der Waals surface area contributed by atoms with Crippen LogP contribution in [0.1, 0.15) is 69.9 Å². The molecule has 1 aromatic rings. The van der Waals surface area contributed by atoms with Crippen molar-refractivity contribution >= 4 is 23.8 Å². The molecule has 46 heavy (non-hydrogen) atoms. The normalized spacial score (nSPS) is 23.5. The van der Waals surface area contributed by atoms with Gasteiger partial charge in [0.15, 0.2) is 23.7 Å². The molecule has 0 saturated carbocycles. The molecule has 2 aliphatic heterocycles. The fourth-order valence-corrected chi connectivity index (χ4v) is 6.48. The van der Waals surface area contributed by atoms with Crippen molar-refractivity contribution in [1.82, 2.24) is 15.5 Å². The van der Waals surface area contributed by atoms with Gasteiger partial charge in [0.05, 0.1) is 19.1 Å². The van der Waals surface area contributed by atoms with Gasteiger partial charge in [0.2, 0.25) is 11.8 Å². The fourth-order valence-electron chi connectivity index (χ4n) is 6.48. The first kappa shape index (κ1) is 35.2. The number of methoxy groups -OCH3 is 1. The van der Waals surface area contributed by atoms with Crippen LogP contribution in [0, 0.1) is 0 Å². The number of nitrogens with zero attached hydrogens (tertiary/aromatic N) is 1. The Morgan fingerprint density at radius 1 is 1.24 bits per heavy atom. The van der Waals surface area contributed by atoms with E-state index in [0.717, 1.165) is 30.5 Å². The number of carbonyl (C=O) groups excluding carboxylic acids is 4. The molecule has 0 aromatic heterocycles. The Kier molecular flexibility index (Phi) is 12.0. The van der Waals surface area contributed by atoms with Crippen molar-refractivity contribution in [2.75, 3.05) is 33.8 Å². The molecule has 3 aliphatic rings. The van der Waals surface area contributed by atoms with Crippen LogP contribution in [0.4, 0.5) is 0 Å². The SMILES string of the molecule is COc1ccc2c3c1O[C@@H]1C[C@@](O)(CC=C1OC(=O)[C@H](C)OC(=O)CCNC(=O)[C@H](CCCCN)NC(C)=O)[C@@H](C2)N(C)CCC3. The molecule has 1 aliphatic carbocycles. The number of rotatable bonds is 13. The molecule has 4 rings (SSSR count). The van der Waals surface area contributed by atoms with E-state index in [1.54, 1.807) is 13.2 Å². The van der Waals surface area contributed by atoms with Crippen molar-refractivity contribution < 1.29 is 43.2 Å². The number of esters is 2. The smallest absolute Gasteiger partial charge is 0.352 e. The van der Waals surface area contributed by atoms with Crippen LogP contribution >= 0.6 is 0 Å². The Morgan fingerprint density at radius 3 is 2.74 bits per heavy atom. The predicted octanol–water partition coefficient (Wildman–Crippen LogP) is 1.27. The van der Waals surface area contributed by atoms with Crippen LogP contribution in [-0.4, -0.2) is 97.4 Å². The summed E-state index contributed by atoms with van der Waals surface area (Å²) in [5.41, 5.74) is 6.52. The van der Waals surface area contributed by atoms with Crippen molar-refractivity contribution in [3.8, 4) is 11.5 Å². The summed E-state index contributed by atoms with van der Waals surface area (Å²) in [5, 5.41) is 17.2. The maximum absolute atomic E-state index is 13.1. The van der Waals surface area contributed by atoms with Gasteiger partial charge in [-0.3, -0.25) is 14.4 Å². The van der Waals surface area contributed by atoms with Gasteiger partial charge < -0.3 is 45.3 Å². The van der Waals surface area contributed by atoms with Gasteiger partial charge in [-0.2, -0.15) is 0 Å². The van der Waals surface area contributed by atoms with Crippen LogP contribution in [0.25, 0.3) is 0 Å². The Balaban J connectivity index is 1.38. The second kappa shape index (κ2) is 15.7. The summed E-state index contributed by atoms with van der Waals surface area (Å²) >= 11 is 0. The second-order valence-electron chi connectivity index (χ2n) is 12.4. The molecule has 13 heteroatoms. The van der Waals surface area contributed by atoms with Gasteiger partial charge >= 0.3 is 11.9 Å². The highest BCUT2D eigenvalue weighted by atomic mass is 16.6. The van der Waals surface area contributed by atoms with E-state index in [-0.39, 0.29) is 43.5 Å². The van der Waals surface area contributed by atoms with Crippen LogP contribution in [0.2, 0.25) is 0 Å². The fraction of sp³-hybridized carbons (Fsp3) is 0.636. The third-order valence-electron chi connectivity index (χ3n) is 8.95. The Morgan fingerprint density at radius 2 is 2.02 bits per heavy atom. The van der Waals surface area contributed by atoms with Crippen LogP contribution in [0.15, 0.2) is 24.0 Å². The number of carbonyl (C=O) groups is 4. The second-order valence-corrected chi connectivity index (χ2v) is 12.4. The lowest BCUT2D eigenvalue weighted by Gasteiger charge is -2.44. The molecule has 5 N–H and O–H groups in total.